The van der Waals surface area contributed by atoms with Crippen molar-refractivity contribution in [2.75, 3.05) is 19.7 Å². The van der Waals surface area contributed by atoms with Crippen LogP contribution in [-0.4, -0.2) is 24.6 Å². The molecule has 0 unspecified atom stereocenters. The summed E-state index contributed by atoms with van der Waals surface area (Å²) in [6, 6.07) is 8.06. The monoisotopic (exact) mass is 271 g/mol. The van der Waals surface area contributed by atoms with Crippen LogP contribution < -0.4 is 4.74 Å². The van der Waals surface area contributed by atoms with Crippen LogP contribution in [0, 0.1) is 0 Å². The predicted molar refractivity (Wildman–Crippen MR) is 80.2 cm³/mol. The number of rotatable bonds is 4. The molecule has 2 aliphatic heterocycles. The van der Waals surface area contributed by atoms with Crippen LogP contribution in [0.4, 0.5) is 0 Å². The van der Waals surface area contributed by atoms with E-state index < -0.39 is 0 Å². The van der Waals surface area contributed by atoms with E-state index in [0.29, 0.717) is 0 Å². The first-order chi connectivity index (χ1) is 9.90. The van der Waals surface area contributed by atoms with Gasteiger partial charge in [-0.25, -0.2) is 0 Å². The molecule has 106 valence electrons. The van der Waals surface area contributed by atoms with Crippen molar-refractivity contribution in [3.05, 3.63) is 47.9 Å². The molecule has 0 fully saturated rings. The van der Waals surface area contributed by atoms with Crippen LogP contribution in [-0.2, 0) is 4.74 Å². The van der Waals surface area contributed by atoms with Gasteiger partial charge in [0.2, 0.25) is 0 Å². The average Bonchev–Trinajstić information content (AvgIpc) is 2.68. The van der Waals surface area contributed by atoms with Crippen molar-refractivity contribution < 1.29 is 9.47 Å². The molecule has 0 aromatic heterocycles. The molecule has 0 radical (unpaired) electrons. The van der Waals surface area contributed by atoms with Gasteiger partial charge in [-0.2, -0.15) is 0 Å². The molecule has 0 atom stereocenters. The summed E-state index contributed by atoms with van der Waals surface area (Å²) in [5, 5.41) is 0. The highest BCUT2D eigenvalue weighted by Gasteiger charge is 2.24. The molecule has 1 aromatic rings. The van der Waals surface area contributed by atoms with Crippen molar-refractivity contribution in [2.24, 2.45) is 0 Å². The molecule has 3 rings (SSSR count). The Labute approximate surface area is 120 Å². The summed E-state index contributed by atoms with van der Waals surface area (Å²) in [6.45, 7) is 5.02. The number of ether oxygens (including phenoxy) is 2. The summed E-state index contributed by atoms with van der Waals surface area (Å²) in [5.41, 5.74) is 2.20. The maximum atomic E-state index is 5.93. The van der Waals surface area contributed by atoms with E-state index >= 15 is 0 Å². The lowest BCUT2D eigenvalue weighted by molar-refractivity contribution is 0.183. The third-order valence-electron chi connectivity index (χ3n) is 3.77. The second kappa shape index (κ2) is 6.04. The molecule has 0 bridgehead atoms. The van der Waals surface area contributed by atoms with Gasteiger partial charge in [0.05, 0.1) is 24.1 Å². The molecular formula is C17H21NO2. The zero-order chi connectivity index (χ0) is 13.8. The predicted octanol–water partition coefficient (Wildman–Crippen LogP) is 3.78. The highest BCUT2D eigenvalue weighted by atomic mass is 16.5. The van der Waals surface area contributed by atoms with E-state index in [0.717, 1.165) is 42.5 Å². The second-order valence-electron chi connectivity index (χ2n) is 5.17. The smallest absolute Gasteiger partial charge is 0.153 e. The van der Waals surface area contributed by atoms with Gasteiger partial charge in [0, 0.05) is 12.6 Å². The van der Waals surface area contributed by atoms with E-state index in [-0.39, 0.29) is 0 Å². The van der Waals surface area contributed by atoms with Crippen LogP contribution in [0.5, 0.6) is 5.75 Å². The largest absolute Gasteiger partial charge is 0.489 e. The molecule has 20 heavy (non-hydrogen) atoms. The summed E-state index contributed by atoms with van der Waals surface area (Å²) in [4.78, 5) is 2.41. The van der Waals surface area contributed by atoms with Crippen LogP contribution in [0.15, 0.2) is 42.3 Å². The third kappa shape index (κ3) is 2.53. The Morgan fingerprint density at radius 1 is 1.20 bits per heavy atom. The standard InChI is InChI=1S/C17H21NO2/c1-2-3-6-10-18-11-13-20-17-14-7-4-5-8-16(14)19-12-9-15(17)18/h4-5,7-9,12H,2-3,6,10-11,13H2,1H3. The van der Waals surface area contributed by atoms with Crippen molar-refractivity contribution in [1.82, 2.24) is 4.90 Å². The van der Waals surface area contributed by atoms with Gasteiger partial charge in [0.1, 0.15) is 12.4 Å². The molecule has 2 heterocycles. The molecule has 3 nitrogen and oxygen atoms in total. The van der Waals surface area contributed by atoms with Crippen LogP contribution in [0.25, 0.3) is 5.76 Å². The lowest BCUT2D eigenvalue weighted by atomic mass is 10.1. The van der Waals surface area contributed by atoms with Crippen LogP contribution in [0.2, 0.25) is 0 Å². The Hall–Kier alpha value is -1.90. The molecule has 1 aromatic carbocycles. The van der Waals surface area contributed by atoms with Crippen molar-refractivity contribution in [2.45, 2.75) is 26.2 Å². The van der Waals surface area contributed by atoms with Gasteiger partial charge in [-0.1, -0.05) is 31.9 Å². The van der Waals surface area contributed by atoms with Gasteiger partial charge in [-0.3, -0.25) is 0 Å². The zero-order valence-corrected chi connectivity index (χ0v) is 12.0. The lowest BCUT2D eigenvalue weighted by Gasteiger charge is -2.32. The Morgan fingerprint density at radius 2 is 2.10 bits per heavy atom. The molecule has 3 heteroatoms. The summed E-state index contributed by atoms with van der Waals surface area (Å²) in [6.07, 6.45) is 7.54. The third-order valence-corrected chi connectivity index (χ3v) is 3.77. The fourth-order valence-electron chi connectivity index (χ4n) is 2.71. The number of hydrogen-bond donors (Lipinski definition) is 0. The fraction of sp³-hybridized carbons (Fsp3) is 0.412. The molecular weight excluding hydrogens is 250 g/mol. The fourth-order valence-corrected chi connectivity index (χ4v) is 2.71. The van der Waals surface area contributed by atoms with Crippen LogP contribution in [0.3, 0.4) is 0 Å². The molecule has 0 saturated carbocycles. The number of hydrogen-bond acceptors (Lipinski definition) is 3. The van der Waals surface area contributed by atoms with E-state index in [1.165, 1.54) is 19.3 Å². The normalized spacial score (nSPS) is 16.9. The Morgan fingerprint density at radius 3 is 3.00 bits per heavy atom. The first-order valence-corrected chi connectivity index (χ1v) is 7.45. The number of allylic oxidation sites excluding steroid dienone is 1. The summed E-state index contributed by atoms with van der Waals surface area (Å²) >= 11 is 0. The van der Waals surface area contributed by atoms with Crippen molar-refractivity contribution >= 4 is 5.76 Å². The first-order valence-electron chi connectivity index (χ1n) is 7.45. The van der Waals surface area contributed by atoms with Gasteiger partial charge in [0.25, 0.3) is 0 Å². The number of nitrogens with zero attached hydrogens (tertiary/aromatic N) is 1. The lowest BCUT2D eigenvalue weighted by Crippen LogP contribution is -2.32. The Bertz CT molecular complexity index is 534. The van der Waals surface area contributed by atoms with E-state index in [9.17, 15) is 0 Å². The van der Waals surface area contributed by atoms with Crippen LogP contribution in [0.1, 0.15) is 31.7 Å². The quantitative estimate of drug-likeness (QED) is 0.778. The van der Waals surface area contributed by atoms with E-state index in [4.69, 9.17) is 9.47 Å². The van der Waals surface area contributed by atoms with Gasteiger partial charge in [-0.05, 0) is 18.6 Å². The minimum atomic E-state index is 0.743. The summed E-state index contributed by atoms with van der Waals surface area (Å²) in [5.74, 6) is 1.82. The zero-order valence-electron chi connectivity index (χ0n) is 12.0. The van der Waals surface area contributed by atoms with Crippen molar-refractivity contribution in [3.63, 3.8) is 0 Å². The second-order valence-corrected chi connectivity index (χ2v) is 5.17. The van der Waals surface area contributed by atoms with Gasteiger partial charge < -0.3 is 14.4 Å². The number of benzene rings is 1. The molecule has 2 aliphatic rings. The molecule has 0 amide bonds. The number of unbranched alkanes of at least 4 members (excludes halogenated alkanes) is 2. The molecule has 0 N–H and O–H groups in total. The summed E-state index contributed by atoms with van der Waals surface area (Å²) < 4.78 is 11.6. The Balaban J connectivity index is 1.91. The topological polar surface area (TPSA) is 21.7 Å². The van der Waals surface area contributed by atoms with Gasteiger partial charge >= 0.3 is 0 Å². The highest BCUT2D eigenvalue weighted by Crippen LogP contribution is 2.35. The number of fused-ring (bicyclic) bond motifs is 2. The maximum Gasteiger partial charge on any atom is 0.153 e. The molecule has 0 spiro atoms. The molecule has 0 saturated heterocycles. The van der Waals surface area contributed by atoms with Gasteiger partial charge in [0.15, 0.2) is 5.76 Å². The van der Waals surface area contributed by atoms with E-state index in [1.807, 2.05) is 24.3 Å². The van der Waals surface area contributed by atoms with Crippen molar-refractivity contribution in [1.29, 1.82) is 0 Å². The van der Waals surface area contributed by atoms with Crippen molar-refractivity contribution in [3.8, 4) is 5.75 Å². The summed E-state index contributed by atoms with van der Waals surface area (Å²) in [7, 11) is 0. The van der Waals surface area contributed by atoms with Crippen LogP contribution >= 0.6 is 0 Å². The van der Waals surface area contributed by atoms with E-state index in [1.54, 1.807) is 6.26 Å². The number of para-hydroxylation sites is 1. The minimum absolute atomic E-state index is 0.743. The average molecular weight is 271 g/mol. The minimum Gasteiger partial charge on any atom is -0.489 e. The van der Waals surface area contributed by atoms with E-state index in [2.05, 4.69) is 17.9 Å². The Kier molecular flexibility index (Phi) is 3.95. The molecule has 0 aliphatic carbocycles. The van der Waals surface area contributed by atoms with Gasteiger partial charge in [-0.15, -0.1) is 0 Å². The maximum absolute atomic E-state index is 5.93. The highest BCUT2D eigenvalue weighted by molar-refractivity contribution is 5.71. The first kappa shape index (κ1) is 13.1. The SMILES string of the molecule is CCCCCN1CCOC2=C1C=COc1ccccc12.